The number of aromatic nitrogens is 4. The zero-order chi connectivity index (χ0) is 19.7. The van der Waals surface area contributed by atoms with Gasteiger partial charge in [0.05, 0.1) is 19.8 Å². The number of nitrogens with zero attached hydrogens (tertiary/aromatic N) is 5. The molecular formula is C20H27N5O3. The van der Waals surface area contributed by atoms with Gasteiger partial charge in [-0.05, 0) is 19.8 Å². The van der Waals surface area contributed by atoms with Gasteiger partial charge in [0.2, 0.25) is 5.88 Å². The lowest BCUT2D eigenvalue weighted by Gasteiger charge is -2.53. The second-order valence-corrected chi connectivity index (χ2v) is 7.76. The van der Waals surface area contributed by atoms with Crippen molar-refractivity contribution in [2.45, 2.75) is 38.3 Å². The predicted molar refractivity (Wildman–Crippen MR) is 102 cm³/mol. The zero-order valence-electron chi connectivity index (χ0n) is 16.6. The number of rotatable bonds is 5. The van der Waals surface area contributed by atoms with E-state index in [1.54, 1.807) is 13.3 Å². The Bertz CT molecular complexity index is 815. The standard InChI is InChI=1S/C20H27N5O3/c1-13-21-7-14(8-22-13)10-25-11-15-5-4-6-16(12-25)20(15,26)17-9-23-19(28-3)24-18(17)27-2/h7-9,15-16,26H,4-6,10-12H2,1-3H3/t15-,16-/m0/s1. The molecule has 0 unspecified atom stereocenters. The van der Waals surface area contributed by atoms with E-state index < -0.39 is 5.60 Å². The lowest BCUT2D eigenvalue weighted by molar-refractivity contribution is -0.149. The molecule has 0 aromatic carbocycles. The van der Waals surface area contributed by atoms with Crippen LogP contribution < -0.4 is 9.47 Å². The highest BCUT2D eigenvalue weighted by Gasteiger charge is 2.53. The number of fused-ring (bicyclic) bond motifs is 2. The molecule has 1 saturated carbocycles. The predicted octanol–water partition coefficient (Wildman–Crippen LogP) is 1.71. The summed E-state index contributed by atoms with van der Waals surface area (Å²) in [6.07, 6.45) is 8.49. The van der Waals surface area contributed by atoms with Crippen LogP contribution in [0.5, 0.6) is 11.9 Å². The summed E-state index contributed by atoms with van der Waals surface area (Å²) in [7, 11) is 3.09. The highest BCUT2D eigenvalue weighted by molar-refractivity contribution is 5.34. The van der Waals surface area contributed by atoms with Crippen LogP contribution in [0.15, 0.2) is 18.6 Å². The monoisotopic (exact) mass is 385 g/mol. The van der Waals surface area contributed by atoms with E-state index in [1.165, 1.54) is 7.11 Å². The van der Waals surface area contributed by atoms with E-state index in [2.05, 4.69) is 24.8 Å². The van der Waals surface area contributed by atoms with Crippen LogP contribution in [0, 0.1) is 18.8 Å². The molecule has 1 saturated heterocycles. The lowest BCUT2D eigenvalue weighted by Crippen LogP contribution is -2.58. The van der Waals surface area contributed by atoms with Gasteiger partial charge in [-0.25, -0.2) is 15.0 Å². The fraction of sp³-hybridized carbons (Fsp3) is 0.600. The topological polar surface area (TPSA) is 93.5 Å². The first-order valence-electron chi connectivity index (χ1n) is 9.72. The van der Waals surface area contributed by atoms with Crippen LogP contribution in [0.25, 0.3) is 0 Å². The van der Waals surface area contributed by atoms with Crippen molar-refractivity contribution in [1.29, 1.82) is 0 Å². The molecule has 0 radical (unpaired) electrons. The number of piperidine rings is 1. The summed E-state index contributed by atoms with van der Waals surface area (Å²) in [6, 6.07) is 0.242. The van der Waals surface area contributed by atoms with Crippen molar-refractivity contribution in [2.24, 2.45) is 11.8 Å². The smallest absolute Gasteiger partial charge is 0.319 e. The summed E-state index contributed by atoms with van der Waals surface area (Å²) >= 11 is 0. The normalized spacial score (nSPS) is 27.4. The van der Waals surface area contributed by atoms with E-state index in [-0.39, 0.29) is 17.8 Å². The Morgan fingerprint density at radius 3 is 2.36 bits per heavy atom. The van der Waals surface area contributed by atoms with Crippen molar-refractivity contribution in [3.8, 4) is 11.9 Å². The summed E-state index contributed by atoms with van der Waals surface area (Å²) in [4.78, 5) is 19.5. The van der Waals surface area contributed by atoms with Crippen molar-refractivity contribution >= 4 is 0 Å². The summed E-state index contributed by atoms with van der Waals surface area (Å²) in [5, 5.41) is 11.9. The Balaban J connectivity index is 1.60. The van der Waals surface area contributed by atoms with Gasteiger partial charge in [0.15, 0.2) is 0 Å². The van der Waals surface area contributed by atoms with Crippen LogP contribution in [-0.2, 0) is 12.1 Å². The molecule has 1 N–H and O–H groups in total. The van der Waals surface area contributed by atoms with Crippen molar-refractivity contribution in [1.82, 2.24) is 24.8 Å². The fourth-order valence-corrected chi connectivity index (χ4v) is 4.75. The van der Waals surface area contributed by atoms with E-state index >= 15 is 0 Å². The van der Waals surface area contributed by atoms with Crippen molar-refractivity contribution in [2.75, 3.05) is 27.3 Å². The molecule has 3 heterocycles. The van der Waals surface area contributed by atoms with Gasteiger partial charge in [0, 0.05) is 55.6 Å². The number of methoxy groups -OCH3 is 2. The van der Waals surface area contributed by atoms with Gasteiger partial charge in [-0.2, -0.15) is 4.98 Å². The van der Waals surface area contributed by atoms with Gasteiger partial charge in [-0.3, -0.25) is 4.90 Å². The van der Waals surface area contributed by atoms with Crippen molar-refractivity contribution in [3.05, 3.63) is 35.5 Å². The maximum Gasteiger partial charge on any atom is 0.319 e. The third-order valence-electron chi connectivity index (χ3n) is 6.09. The van der Waals surface area contributed by atoms with Crippen LogP contribution in [-0.4, -0.2) is 57.3 Å². The Morgan fingerprint density at radius 1 is 1.07 bits per heavy atom. The number of aliphatic hydroxyl groups is 1. The van der Waals surface area contributed by atoms with Crippen molar-refractivity contribution in [3.63, 3.8) is 0 Å². The second-order valence-electron chi connectivity index (χ2n) is 7.76. The molecule has 150 valence electrons. The lowest BCUT2D eigenvalue weighted by atomic mass is 9.63. The molecule has 2 bridgehead atoms. The largest absolute Gasteiger partial charge is 0.481 e. The number of likely N-dealkylation sites (tertiary alicyclic amines) is 1. The number of hydrogen-bond donors (Lipinski definition) is 1. The summed E-state index contributed by atoms with van der Waals surface area (Å²) < 4.78 is 10.6. The molecule has 2 fully saturated rings. The van der Waals surface area contributed by atoms with Gasteiger partial charge in [0.25, 0.3) is 0 Å². The van der Waals surface area contributed by atoms with Gasteiger partial charge < -0.3 is 14.6 Å². The minimum absolute atomic E-state index is 0.0947. The molecule has 0 amide bonds. The molecule has 2 aromatic rings. The number of aryl methyl sites for hydroxylation is 1. The first kappa shape index (κ1) is 19.0. The van der Waals surface area contributed by atoms with Crippen LogP contribution in [0.2, 0.25) is 0 Å². The molecule has 2 atom stereocenters. The summed E-state index contributed by atoms with van der Waals surface area (Å²) in [5.41, 5.74) is 0.777. The van der Waals surface area contributed by atoms with Gasteiger partial charge in [-0.1, -0.05) is 6.42 Å². The minimum Gasteiger partial charge on any atom is -0.481 e. The SMILES string of the molecule is COc1ncc(C2(O)[C@H]3CCC[C@H]2CN(Cc2cnc(C)nc2)C3)c(OC)n1. The maximum absolute atomic E-state index is 11.9. The average molecular weight is 385 g/mol. The third kappa shape index (κ3) is 3.31. The Hall–Kier alpha value is -2.32. The van der Waals surface area contributed by atoms with E-state index in [4.69, 9.17) is 9.47 Å². The first-order valence-corrected chi connectivity index (χ1v) is 9.72. The third-order valence-corrected chi connectivity index (χ3v) is 6.09. The van der Waals surface area contributed by atoms with Crippen LogP contribution in [0.4, 0.5) is 0 Å². The number of ether oxygens (including phenoxy) is 2. The van der Waals surface area contributed by atoms with E-state index in [1.807, 2.05) is 19.3 Å². The maximum atomic E-state index is 11.9. The molecular weight excluding hydrogens is 358 g/mol. The van der Waals surface area contributed by atoms with E-state index in [0.717, 1.165) is 50.3 Å². The molecule has 2 aromatic heterocycles. The summed E-state index contributed by atoms with van der Waals surface area (Å²) in [5.74, 6) is 1.36. The molecule has 1 aliphatic heterocycles. The molecule has 1 aliphatic carbocycles. The van der Waals surface area contributed by atoms with Gasteiger partial charge in [0.1, 0.15) is 11.4 Å². The molecule has 28 heavy (non-hydrogen) atoms. The average Bonchev–Trinajstić information content (AvgIpc) is 2.70. The van der Waals surface area contributed by atoms with Crippen molar-refractivity contribution < 1.29 is 14.6 Å². The van der Waals surface area contributed by atoms with Gasteiger partial charge in [-0.15, -0.1) is 0 Å². The van der Waals surface area contributed by atoms with E-state index in [0.29, 0.717) is 11.4 Å². The Morgan fingerprint density at radius 2 is 1.75 bits per heavy atom. The van der Waals surface area contributed by atoms with Crippen LogP contribution in [0.3, 0.4) is 0 Å². The number of hydrogen-bond acceptors (Lipinski definition) is 8. The Kier molecular flexibility index (Phi) is 5.16. The minimum atomic E-state index is -0.990. The summed E-state index contributed by atoms with van der Waals surface area (Å²) in [6.45, 7) is 4.28. The fourth-order valence-electron chi connectivity index (χ4n) is 4.75. The first-order chi connectivity index (χ1) is 13.5. The van der Waals surface area contributed by atoms with Gasteiger partial charge >= 0.3 is 6.01 Å². The van der Waals surface area contributed by atoms with Crippen LogP contribution in [0.1, 0.15) is 36.2 Å². The molecule has 4 rings (SSSR count). The molecule has 0 spiro atoms. The molecule has 2 aliphatic rings. The quantitative estimate of drug-likeness (QED) is 0.831. The molecule has 8 nitrogen and oxygen atoms in total. The highest BCUT2D eigenvalue weighted by Crippen LogP contribution is 2.51. The molecule has 8 heteroatoms. The van der Waals surface area contributed by atoms with E-state index in [9.17, 15) is 5.11 Å². The Labute approximate surface area is 165 Å². The zero-order valence-corrected chi connectivity index (χ0v) is 16.6. The second kappa shape index (κ2) is 7.60. The highest BCUT2D eigenvalue weighted by atomic mass is 16.5. The van der Waals surface area contributed by atoms with Crippen LogP contribution >= 0.6 is 0 Å².